The van der Waals surface area contributed by atoms with Crippen molar-refractivity contribution >= 4 is 6.08 Å². The van der Waals surface area contributed by atoms with Gasteiger partial charge in [0.2, 0.25) is 0 Å². The van der Waals surface area contributed by atoms with Gasteiger partial charge in [-0.15, -0.1) is 0 Å². The van der Waals surface area contributed by atoms with Crippen LogP contribution in [0.2, 0.25) is 0 Å². The Balaban J connectivity index is 2.00. The van der Waals surface area contributed by atoms with E-state index in [9.17, 15) is 0 Å². The molecule has 0 heterocycles. The van der Waals surface area contributed by atoms with Crippen molar-refractivity contribution < 1.29 is 0 Å². The molecule has 1 saturated carbocycles. The molecule has 0 radical (unpaired) electrons. The highest BCUT2D eigenvalue weighted by Gasteiger charge is 2.22. The van der Waals surface area contributed by atoms with Crippen LogP contribution in [-0.2, 0) is 6.42 Å². The number of hydrogen-bond acceptors (Lipinski definition) is 0. The standard InChI is InChI=1S/C17H22/c1-12-10-16-13(2)8-9-15(17(16)11-12)14-6-4-3-5-7-14/h8-10,14H,3-7,11H2,1-2H3. The van der Waals surface area contributed by atoms with E-state index < -0.39 is 0 Å². The Bertz CT molecular complexity index is 459. The van der Waals surface area contributed by atoms with E-state index in [1.54, 1.807) is 11.1 Å². The SMILES string of the molecule is CC1=Cc2c(C)ccc(C3CCCCC3)c2C1. The molecule has 1 aromatic rings. The summed E-state index contributed by atoms with van der Waals surface area (Å²) in [6.07, 6.45) is 10.7. The zero-order valence-electron chi connectivity index (χ0n) is 11.1. The highest BCUT2D eigenvalue weighted by molar-refractivity contribution is 5.68. The molecule has 0 bridgehead atoms. The van der Waals surface area contributed by atoms with E-state index in [4.69, 9.17) is 0 Å². The van der Waals surface area contributed by atoms with Crippen LogP contribution in [0.25, 0.3) is 6.08 Å². The lowest BCUT2D eigenvalue weighted by molar-refractivity contribution is 0.442. The fourth-order valence-corrected chi connectivity index (χ4v) is 3.57. The van der Waals surface area contributed by atoms with Crippen LogP contribution in [0.15, 0.2) is 17.7 Å². The third-order valence-electron chi connectivity index (χ3n) is 4.50. The zero-order valence-corrected chi connectivity index (χ0v) is 11.1. The minimum Gasteiger partial charge on any atom is -0.0683 e. The van der Waals surface area contributed by atoms with E-state index in [1.165, 1.54) is 55.2 Å². The number of fused-ring (bicyclic) bond motifs is 1. The van der Waals surface area contributed by atoms with Gasteiger partial charge in [-0.3, -0.25) is 0 Å². The fraction of sp³-hybridized carbons (Fsp3) is 0.529. The van der Waals surface area contributed by atoms with E-state index in [1.807, 2.05) is 0 Å². The van der Waals surface area contributed by atoms with Crippen molar-refractivity contribution in [2.45, 2.75) is 58.3 Å². The molecule has 0 atom stereocenters. The fourth-order valence-electron chi connectivity index (χ4n) is 3.57. The van der Waals surface area contributed by atoms with E-state index in [0.29, 0.717) is 0 Å². The van der Waals surface area contributed by atoms with Crippen LogP contribution in [-0.4, -0.2) is 0 Å². The van der Waals surface area contributed by atoms with Crippen LogP contribution in [0.5, 0.6) is 0 Å². The Morgan fingerprint density at radius 3 is 2.53 bits per heavy atom. The zero-order chi connectivity index (χ0) is 11.8. The van der Waals surface area contributed by atoms with Crippen molar-refractivity contribution in [1.82, 2.24) is 0 Å². The number of rotatable bonds is 1. The number of aryl methyl sites for hydroxylation is 1. The maximum Gasteiger partial charge on any atom is -0.00577 e. The molecule has 0 saturated heterocycles. The molecule has 0 N–H and O–H groups in total. The van der Waals surface area contributed by atoms with E-state index in [-0.39, 0.29) is 0 Å². The normalized spacial score (nSPS) is 20.2. The third-order valence-corrected chi connectivity index (χ3v) is 4.50. The summed E-state index contributed by atoms with van der Waals surface area (Å²) in [5, 5.41) is 0. The molecule has 90 valence electrons. The number of benzene rings is 1. The first-order valence-corrected chi connectivity index (χ1v) is 7.05. The lowest BCUT2D eigenvalue weighted by Gasteiger charge is -2.25. The smallest absolute Gasteiger partial charge is 0.00577 e. The summed E-state index contributed by atoms with van der Waals surface area (Å²) in [6, 6.07) is 4.74. The van der Waals surface area contributed by atoms with Gasteiger partial charge in [-0.2, -0.15) is 0 Å². The first-order valence-electron chi connectivity index (χ1n) is 7.05. The number of hydrogen-bond donors (Lipinski definition) is 0. The Hall–Kier alpha value is -1.04. The summed E-state index contributed by atoms with van der Waals surface area (Å²) in [7, 11) is 0. The third kappa shape index (κ3) is 1.94. The lowest BCUT2D eigenvalue weighted by Crippen LogP contribution is -2.08. The molecule has 1 fully saturated rings. The van der Waals surface area contributed by atoms with Gasteiger partial charge >= 0.3 is 0 Å². The van der Waals surface area contributed by atoms with Gasteiger partial charge in [0.25, 0.3) is 0 Å². The largest absolute Gasteiger partial charge is 0.0683 e. The van der Waals surface area contributed by atoms with E-state index in [2.05, 4.69) is 32.1 Å². The van der Waals surface area contributed by atoms with Gasteiger partial charge in [0, 0.05) is 0 Å². The summed E-state index contributed by atoms with van der Waals surface area (Å²) in [5.74, 6) is 0.845. The molecular weight excluding hydrogens is 204 g/mol. The Morgan fingerprint density at radius 2 is 1.76 bits per heavy atom. The topological polar surface area (TPSA) is 0 Å². The van der Waals surface area contributed by atoms with Crippen LogP contribution in [0.3, 0.4) is 0 Å². The van der Waals surface area contributed by atoms with Gasteiger partial charge in [0.05, 0.1) is 0 Å². The summed E-state index contributed by atoms with van der Waals surface area (Å²) >= 11 is 0. The molecular formula is C17H22. The van der Waals surface area contributed by atoms with Crippen LogP contribution < -0.4 is 0 Å². The minimum atomic E-state index is 0.845. The molecule has 1 aromatic carbocycles. The molecule has 0 unspecified atom stereocenters. The van der Waals surface area contributed by atoms with Gasteiger partial charge < -0.3 is 0 Å². The lowest BCUT2D eigenvalue weighted by atomic mass is 9.80. The molecule has 0 aromatic heterocycles. The van der Waals surface area contributed by atoms with Gasteiger partial charge in [0.15, 0.2) is 0 Å². The van der Waals surface area contributed by atoms with Crippen LogP contribution in [0.1, 0.15) is 67.2 Å². The second kappa shape index (κ2) is 4.33. The second-order valence-electron chi connectivity index (χ2n) is 5.87. The van der Waals surface area contributed by atoms with Crippen molar-refractivity contribution in [2.75, 3.05) is 0 Å². The van der Waals surface area contributed by atoms with Gasteiger partial charge in [-0.25, -0.2) is 0 Å². The average Bonchev–Trinajstić information content (AvgIpc) is 2.73. The molecule has 2 aliphatic rings. The number of allylic oxidation sites excluding steroid dienone is 1. The Morgan fingerprint density at radius 1 is 1.00 bits per heavy atom. The molecule has 0 aliphatic heterocycles. The summed E-state index contributed by atoms with van der Waals surface area (Å²) in [6.45, 7) is 4.52. The highest BCUT2D eigenvalue weighted by Crippen LogP contribution is 2.39. The summed E-state index contributed by atoms with van der Waals surface area (Å²) in [5.41, 5.74) is 7.83. The van der Waals surface area contributed by atoms with Crippen molar-refractivity contribution in [3.8, 4) is 0 Å². The predicted molar refractivity (Wildman–Crippen MR) is 74.4 cm³/mol. The maximum atomic E-state index is 2.41. The first-order chi connectivity index (χ1) is 8.25. The van der Waals surface area contributed by atoms with Crippen LogP contribution in [0, 0.1) is 6.92 Å². The highest BCUT2D eigenvalue weighted by atomic mass is 14.3. The van der Waals surface area contributed by atoms with Crippen molar-refractivity contribution in [3.05, 3.63) is 40.0 Å². The quantitative estimate of drug-likeness (QED) is 0.632. The molecule has 0 nitrogen and oxygen atoms in total. The Kier molecular flexibility index (Phi) is 2.82. The van der Waals surface area contributed by atoms with Gasteiger partial charge in [-0.05, 0) is 61.3 Å². The van der Waals surface area contributed by atoms with Crippen LogP contribution >= 0.6 is 0 Å². The van der Waals surface area contributed by atoms with Gasteiger partial charge in [-0.1, -0.05) is 43.0 Å². The second-order valence-corrected chi connectivity index (χ2v) is 5.87. The van der Waals surface area contributed by atoms with Crippen molar-refractivity contribution in [1.29, 1.82) is 0 Å². The Labute approximate surface area is 105 Å². The molecule has 3 rings (SSSR count). The molecule has 2 aliphatic carbocycles. The molecule has 17 heavy (non-hydrogen) atoms. The van der Waals surface area contributed by atoms with Crippen LogP contribution in [0.4, 0.5) is 0 Å². The minimum absolute atomic E-state index is 0.845. The average molecular weight is 226 g/mol. The summed E-state index contributed by atoms with van der Waals surface area (Å²) in [4.78, 5) is 0. The summed E-state index contributed by atoms with van der Waals surface area (Å²) < 4.78 is 0. The van der Waals surface area contributed by atoms with Crippen molar-refractivity contribution in [2.24, 2.45) is 0 Å². The predicted octanol–water partition coefficient (Wildman–Crippen LogP) is 5.00. The van der Waals surface area contributed by atoms with Crippen molar-refractivity contribution in [3.63, 3.8) is 0 Å². The van der Waals surface area contributed by atoms with Gasteiger partial charge in [0.1, 0.15) is 0 Å². The molecule has 0 heteroatoms. The monoisotopic (exact) mass is 226 g/mol. The molecule has 0 amide bonds. The maximum absolute atomic E-state index is 2.41. The first kappa shape index (κ1) is 11.1. The van der Waals surface area contributed by atoms with E-state index in [0.717, 1.165) is 5.92 Å². The van der Waals surface area contributed by atoms with E-state index >= 15 is 0 Å². The molecule has 0 spiro atoms.